The number of rotatable bonds is 4. The second kappa shape index (κ2) is 6.50. The van der Waals surface area contributed by atoms with Gasteiger partial charge in [0.15, 0.2) is 5.69 Å². The lowest BCUT2D eigenvalue weighted by molar-refractivity contribution is 0.0853. The van der Waals surface area contributed by atoms with Crippen LogP contribution in [0, 0.1) is 20.8 Å². The average molecular weight is 314 g/mol. The highest BCUT2D eigenvalue weighted by Crippen LogP contribution is 2.16. The van der Waals surface area contributed by atoms with Crippen molar-refractivity contribution in [1.82, 2.24) is 20.3 Å². The van der Waals surface area contributed by atoms with Gasteiger partial charge in [0.25, 0.3) is 5.91 Å². The van der Waals surface area contributed by atoms with Crippen LogP contribution in [0.5, 0.6) is 0 Å². The number of hydrogen-bond donors (Lipinski definition) is 1. The SMILES string of the molecule is Cc1cc(C)cc(-n2nnc(C(=O)NC[C@H]3CCCO3)c2C)c1. The van der Waals surface area contributed by atoms with Gasteiger partial charge in [0.1, 0.15) is 0 Å². The Bertz CT molecular complexity index is 697. The normalized spacial score (nSPS) is 17.4. The number of carbonyl (C=O) groups excluding carboxylic acids is 1. The van der Waals surface area contributed by atoms with Crippen molar-refractivity contribution in [2.75, 3.05) is 13.2 Å². The molecule has 0 unspecified atom stereocenters. The van der Waals surface area contributed by atoms with E-state index in [2.05, 4.69) is 21.7 Å². The van der Waals surface area contributed by atoms with Gasteiger partial charge < -0.3 is 10.1 Å². The number of ether oxygens (including phenoxy) is 1. The summed E-state index contributed by atoms with van der Waals surface area (Å²) in [5.74, 6) is -0.200. The number of aromatic nitrogens is 3. The first-order valence-electron chi connectivity index (χ1n) is 7.95. The van der Waals surface area contributed by atoms with E-state index >= 15 is 0 Å². The van der Waals surface area contributed by atoms with Crippen LogP contribution >= 0.6 is 0 Å². The number of carbonyl (C=O) groups is 1. The largest absolute Gasteiger partial charge is 0.376 e. The van der Waals surface area contributed by atoms with Crippen molar-refractivity contribution in [3.05, 3.63) is 40.7 Å². The highest BCUT2D eigenvalue weighted by molar-refractivity contribution is 5.93. The zero-order chi connectivity index (χ0) is 16.4. The fraction of sp³-hybridized carbons (Fsp3) is 0.471. The first kappa shape index (κ1) is 15.7. The molecule has 1 aliphatic rings. The van der Waals surface area contributed by atoms with E-state index in [4.69, 9.17) is 4.74 Å². The van der Waals surface area contributed by atoms with Crippen LogP contribution in [0.2, 0.25) is 0 Å². The van der Waals surface area contributed by atoms with Crippen molar-refractivity contribution in [3.8, 4) is 5.69 Å². The van der Waals surface area contributed by atoms with Crippen LogP contribution in [-0.4, -0.2) is 40.2 Å². The minimum Gasteiger partial charge on any atom is -0.376 e. The molecule has 0 spiro atoms. The van der Waals surface area contributed by atoms with E-state index in [0.29, 0.717) is 12.2 Å². The Balaban J connectivity index is 1.76. The maximum absolute atomic E-state index is 12.3. The van der Waals surface area contributed by atoms with Crippen LogP contribution in [0.4, 0.5) is 0 Å². The van der Waals surface area contributed by atoms with Crippen molar-refractivity contribution in [2.24, 2.45) is 0 Å². The molecular formula is C17H22N4O2. The third-order valence-corrected chi connectivity index (χ3v) is 4.07. The Morgan fingerprint density at radius 1 is 1.30 bits per heavy atom. The number of benzene rings is 1. The molecule has 6 nitrogen and oxygen atoms in total. The van der Waals surface area contributed by atoms with Gasteiger partial charge in [-0.05, 0) is 56.9 Å². The molecule has 23 heavy (non-hydrogen) atoms. The molecule has 122 valence electrons. The number of nitrogens with zero attached hydrogens (tertiary/aromatic N) is 3. The molecule has 2 heterocycles. The molecule has 1 amide bonds. The minimum atomic E-state index is -0.200. The van der Waals surface area contributed by atoms with Gasteiger partial charge in [0.2, 0.25) is 0 Å². The standard InChI is InChI=1S/C17H22N4O2/c1-11-7-12(2)9-14(8-11)21-13(3)16(19-20-21)17(22)18-10-15-5-4-6-23-15/h7-9,15H,4-6,10H2,1-3H3,(H,18,22)/t15-/m1/s1. The zero-order valence-corrected chi connectivity index (χ0v) is 13.8. The van der Waals surface area contributed by atoms with Crippen molar-refractivity contribution in [1.29, 1.82) is 0 Å². The van der Waals surface area contributed by atoms with Gasteiger partial charge in [0.05, 0.1) is 17.5 Å². The second-order valence-corrected chi connectivity index (χ2v) is 6.13. The van der Waals surface area contributed by atoms with Crippen LogP contribution in [-0.2, 0) is 4.74 Å². The van der Waals surface area contributed by atoms with Gasteiger partial charge in [-0.25, -0.2) is 4.68 Å². The number of nitrogens with one attached hydrogen (secondary N) is 1. The Labute approximate surface area is 135 Å². The molecule has 0 radical (unpaired) electrons. The Morgan fingerprint density at radius 2 is 2.04 bits per heavy atom. The third kappa shape index (κ3) is 3.42. The quantitative estimate of drug-likeness (QED) is 0.938. The molecular weight excluding hydrogens is 292 g/mol. The first-order chi connectivity index (χ1) is 11.0. The fourth-order valence-corrected chi connectivity index (χ4v) is 2.95. The van der Waals surface area contributed by atoms with Gasteiger partial charge in [-0.2, -0.15) is 0 Å². The summed E-state index contributed by atoms with van der Waals surface area (Å²) < 4.78 is 7.22. The molecule has 1 N–H and O–H groups in total. The number of amides is 1. The lowest BCUT2D eigenvalue weighted by atomic mass is 10.1. The van der Waals surface area contributed by atoms with Gasteiger partial charge >= 0.3 is 0 Å². The maximum Gasteiger partial charge on any atom is 0.273 e. The highest BCUT2D eigenvalue weighted by atomic mass is 16.5. The molecule has 1 aliphatic heterocycles. The molecule has 2 aromatic rings. The monoisotopic (exact) mass is 314 g/mol. The Morgan fingerprint density at radius 3 is 2.70 bits per heavy atom. The first-order valence-corrected chi connectivity index (χ1v) is 7.95. The van der Waals surface area contributed by atoms with Crippen LogP contribution in [0.3, 0.4) is 0 Å². The Hall–Kier alpha value is -2.21. The van der Waals surface area contributed by atoms with Gasteiger partial charge in [-0.3, -0.25) is 4.79 Å². The molecule has 1 fully saturated rings. The zero-order valence-electron chi connectivity index (χ0n) is 13.8. The smallest absolute Gasteiger partial charge is 0.273 e. The number of hydrogen-bond acceptors (Lipinski definition) is 4. The summed E-state index contributed by atoms with van der Waals surface area (Å²) in [6, 6.07) is 6.16. The number of aryl methyl sites for hydroxylation is 2. The molecule has 0 aliphatic carbocycles. The van der Waals surface area contributed by atoms with E-state index in [1.165, 1.54) is 0 Å². The minimum absolute atomic E-state index is 0.119. The predicted molar refractivity (Wildman–Crippen MR) is 86.9 cm³/mol. The van der Waals surface area contributed by atoms with Gasteiger partial charge in [-0.1, -0.05) is 11.3 Å². The van der Waals surface area contributed by atoms with E-state index in [1.807, 2.05) is 32.9 Å². The van der Waals surface area contributed by atoms with E-state index < -0.39 is 0 Å². The summed E-state index contributed by atoms with van der Waals surface area (Å²) in [7, 11) is 0. The van der Waals surface area contributed by atoms with Crippen molar-refractivity contribution in [3.63, 3.8) is 0 Å². The van der Waals surface area contributed by atoms with Crippen molar-refractivity contribution in [2.45, 2.75) is 39.7 Å². The molecule has 3 rings (SSSR count). The summed E-state index contributed by atoms with van der Waals surface area (Å²) in [6.45, 7) is 7.24. The molecule has 1 aromatic carbocycles. The van der Waals surface area contributed by atoms with Gasteiger partial charge in [0, 0.05) is 13.2 Å². The van der Waals surface area contributed by atoms with E-state index in [1.54, 1.807) is 4.68 Å². The second-order valence-electron chi connectivity index (χ2n) is 6.13. The highest BCUT2D eigenvalue weighted by Gasteiger charge is 2.20. The predicted octanol–water partition coefficient (Wildman–Crippen LogP) is 2.10. The molecule has 6 heteroatoms. The summed E-state index contributed by atoms with van der Waals surface area (Å²) >= 11 is 0. The van der Waals surface area contributed by atoms with Crippen LogP contribution in [0.1, 0.15) is 40.2 Å². The lowest BCUT2D eigenvalue weighted by Crippen LogP contribution is -2.32. The molecule has 0 bridgehead atoms. The van der Waals surface area contributed by atoms with E-state index in [9.17, 15) is 4.79 Å². The van der Waals surface area contributed by atoms with Crippen molar-refractivity contribution >= 4 is 5.91 Å². The van der Waals surface area contributed by atoms with Crippen LogP contribution in [0.25, 0.3) is 5.69 Å². The van der Waals surface area contributed by atoms with Gasteiger partial charge in [-0.15, -0.1) is 5.10 Å². The third-order valence-electron chi connectivity index (χ3n) is 4.07. The topological polar surface area (TPSA) is 69.0 Å². The molecule has 1 saturated heterocycles. The summed E-state index contributed by atoms with van der Waals surface area (Å²) in [4.78, 5) is 12.3. The maximum atomic E-state index is 12.3. The van der Waals surface area contributed by atoms with E-state index in [-0.39, 0.29) is 12.0 Å². The molecule has 0 saturated carbocycles. The molecule has 1 atom stereocenters. The molecule has 1 aromatic heterocycles. The van der Waals surface area contributed by atoms with Crippen molar-refractivity contribution < 1.29 is 9.53 Å². The van der Waals surface area contributed by atoms with Crippen LogP contribution < -0.4 is 5.32 Å². The fourth-order valence-electron chi connectivity index (χ4n) is 2.95. The average Bonchev–Trinajstić information content (AvgIpc) is 3.13. The summed E-state index contributed by atoms with van der Waals surface area (Å²) in [5.41, 5.74) is 4.33. The summed E-state index contributed by atoms with van der Waals surface area (Å²) in [5, 5.41) is 11.1. The summed E-state index contributed by atoms with van der Waals surface area (Å²) in [6.07, 6.45) is 2.17. The Kier molecular flexibility index (Phi) is 4.43. The van der Waals surface area contributed by atoms with E-state index in [0.717, 1.165) is 42.0 Å². The lowest BCUT2D eigenvalue weighted by Gasteiger charge is -2.10. The van der Waals surface area contributed by atoms with Crippen LogP contribution in [0.15, 0.2) is 18.2 Å².